The smallest absolute Gasteiger partial charge is 0.242 e. The predicted octanol–water partition coefficient (Wildman–Crippen LogP) is 2.73. The van der Waals surface area contributed by atoms with Gasteiger partial charge in [-0.25, -0.2) is 0 Å². The van der Waals surface area contributed by atoms with Crippen LogP contribution in [-0.4, -0.2) is 51.7 Å². The summed E-state index contributed by atoms with van der Waals surface area (Å²) in [6.45, 7) is 2.69. The third-order valence-corrected chi connectivity index (χ3v) is 5.28. The lowest BCUT2D eigenvalue weighted by Gasteiger charge is -2.34. The number of ether oxygens (including phenoxy) is 1. The van der Waals surface area contributed by atoms with E-state index in [9.17, 15) is 4.79 Å². The predicted molar refractivity (Wildman–Crippen MR) is 106 cm³/mol. The first kappa shape index (κ1) is 19.1. The second kappa shape index (κ2) is 8.45. The van der Waals surface area contributed by atoms with Gasteiger partial charge in [0.2, 0.25) is 5.91 Å². The van der Waals surface area contributed by atoms with Gasteiger partial charge in [0.25, 0.3) is 0 Å². The van der Waals surface area contributed by atoms with Crippen LogP contribution in [0, 0.1) is 0 Å². The number of carbonyl (C=O) groups is 1. The number of nitrogens with zero attached hydrogens (tertiary/aromatic N) is 4. The average Bonchev–Trinajstić information content (AvgIpc) is 3.12. The van der Waals surface area contributed by atoms with Crippen molar-refractivity contribution in [1.82, 2.24) is 24.8 Å². The molecule has 1 unspecified atom stereocenters. The number of morpholine rings is 1. The largest absolute Gasteiger partial charge is 0.379 e. The van der Waals surface area contributed by atoms with Crippen molar-refractivity contribution < 1.29 is 9.53 Å². The molecule has 28 heavy (non-hydrogen) atoms. The molecule has 1 saturated heterocycles. The van der Waals surface area contributed by atoms with Crippen molar-refractivity contribution >= 4 is 34.8 Å². The summed E-state index contributed by atoms with van der Waals surface area (Å²) in [4.78, 5) is 15.2. The van der Waals surface area contributed by atoms with Crippen LogP contribution in [0.25, 0.3) is 5.65 Å². The zero-order chi connectivity index (χ0) is 19.5. The SMILES string of the molecule is O=C(NCc1nnc2ccccn12)C(c1ccc(Cl)cc1Cl)N1CCOCC1. The highest BCUT2D eigenvalue weighted by atomic mass is 35.5. The van der Waals surface area contributed by atoms with Crippen molar-refractivity contribution in [3.63, 3.8) is 0 Å². The van der Waals surface area contributed by atoms with Gasteiger partial charge in [0.1, 0.15) is 6.04 Å². The van der Waals surface area contributed by atoms with Crippen LogP contribution >= 0.6 is 23.2 Å². The zero-order valence-electron chi connectivity index (χ0n) is 15.0. The number of rotatable bonds is 5. The van der Waals surface area contributed by atoms with Crippen molar-refractivity contribution in [3.05, 3.63) is 64.0 Å². The molecule has 1 N–H and O–H groups in total. The Balaban J connectivity index is 1.57. The standard InChI is InChI=1S/C19H19Cl2N5O2/c20-13-4-5-14(15(21)11-13)18(25-7-9-28-10-8-25)19(27)22-12-17-24-23-16-3-1-2-6-26(16)17/h1-6,11,18H,7-10,12H2,(H,22,27). The molecule has 1 atom stereocenters. The molecular formula is C19H19Cl2N5O2. The van der Waals surface area contributed by atoms with Crippen LogP contribution in [-0.2, 0) is 16.1 Å². The van der Waals surface area contributed by atoms with E-state index in [0.29, 0.717) is 42.2 Å². The van der Waals surface area contributed by atoms with Crippen LogP contribution in [0.1, 0.15) is 17.4 Å². The number of amides is 1. The Morgan fingerprint density at radius 2 is 2.00 bits per heavy atom. The van der Waals surface area contributed by atoms with E-state index in [4.69, 9.17) is 27.9 Å². The summed E-state index contributed by atoms with van der Waals surface area (Å²) in [5.74, 6) is 0.505. The highest BCUT2D eigenvalue weighted by molar-refractivity contribution is 6.35. The van der Waals surface area contributed by atoms with Crippen molar-refractivity contribution in [2.45, 2.75) is 12.6 Å². The Bertz CT molecular complexity index is 987. The van der Waals surface area contributed by atoms with Gasteiger partial charge >= 0.3 is 0 Å². The molecule has 9 heteroatoms. The molecule has 0 saturated carbocycles. The quantitative estimate of drug-likeness (QED) is 0.688. The van der Waals surface area contributed by atoms with Crippen LogP contribution in [0.5, 0.6) is 0 Å². The normalized spacial score (nSPS) is 16.2. The number of hydrogen-bond acceptors (Lipinski definition) is 5. The van der Waals surface area contributed by atoms with Gasteiger partial charge in [0, 0.05) is 29.3 Å². The Labute approximate surface area is 172 Å². The average molecular weight is 420 g/mol. The first-order valence-corrected chi connectivity index (χ1v) is 9.72. The molecule has 2 aromatic heterocycles. The van der Waals surface area contributed by atoms with E-state index in [0.717, 1.165) is 11.2 Å². The summed E-state index contributed by atoms with van der Waals surface area (Å²) in [7, 11) is 0. The zero-order valence-corrected chi connectivity index (χ0v) is 16.5. The van der Waals surface area contributed by atoms with E-state index in [1.807, 2.05) is 28.8 Å². The first-order valence-electron chi connectivity index (χ1n) is 8.96. The van der Waals surface area contributed by atoms with Crippen molar-refractivity contribution in [2.24, 2.45) is 0 Å². The summed E-state index contributed by atoms with van der Waals surface area (Å²) in [5.41, 5.74) is 1.45. The molecule has 3 heterocycles. The number of hydrogen-bond donors (Lipinski definition) is 1. The minimum Gasteiger partial charge on any atom is -0.379 e. The molecule has 146 valence electrons. The molecule has 0 aliphatic carbocycles. The Morgan fingerprint density at radius 3 is 2.79 bits per heavy atom. The molecule has 0 spiro atoms. The molecule has 1 aromatic carbocycles. The van der Waals surface area contributed by atoms with Crippen molar-refractivity contribution in [1.29, 1.82) is 0 Å². The second-order valence-corrected chi connectivity index (χ2v) is 7.32. The van der Waals surface area contributed by atoms with E-state index in [1.165, 1.54) is 0 Å². The lowest BCUT2D eigenvalue weighted by atomic mass is 10.0. The number of benzene rings is 1. The van der Waals surface area contributed by atoms with Crippen molar-refractivity contribution in [3.8, 4) is 0 Å². The molecule has 7 nitrogen and oxygen atoms in total. The van der Waals surface area contributed by atoms with Crippen LogP contribution in [0.15, 0.2) is 42.6 Å². The maximum Gasteiger partial charge on any atom is 0.242 e. The molecule has 4 rings (SSSR count). The molecule has 0 radical (unpaired) electrons. The van der Waals surface area contributed by atoms with Gasteiger partial charge in [-0.2, -0.15) is 0 Å². The summed E-state index contributed by atoms with van der Waals surface area (Å²) in [5, 5.41) is 12.3. The third-order valence-electron chi connectivity index (χ3n) is 4.72. The molecule has 1 aliphatic rings. The molecule has 3 aromatic rings. The second-order valence-electron chi connectivity index (χ2n) is 6.48. The highest BCUT2D eigenvalue weighted by Gasteiger charge is 2.30. The van der Waals surface area contributed by atoms with Crippen LogP contribution in [0.3, 0.4) is 0 Å². The van der Waals surface area contributed by atoms with Gasteiger partial charge in [-0.3, -0.25) is 14.1 Å². The van der Waals surface area contributed by atoms with Gasteiger partial charge in [0.05, 0.1) is 19.8 Å². The topological polar surface area (TPSA) is 71.8 Å². The fourth-order valence-electron chi connectivity index (χ4n) is 3.34. The van der Waals surface area contributed by atoms with E-state index in [-0.39, 0.29) is 12.5 Å². The first-order chi connectivity index (χ1) is 13.6. The van der Waals surface area contributed by atoms with Crippen LogP contribution in [0.4, 0.5) is 0 Å². The molecule has 1 amide bonds. The van der Waals surface area contributed by atoms with Crippen molar-refractivity contribution in [2.75, 3.05) is 26.3 Å². The Morgan fingerprint density at radius 1 is 1.18 bits per heavy atom. The van der Waals surface area contributed by atoms with E-state index in [1.54, 1.807) is 18.2 Å². The number of fused-ring (bicyclic) bond motifs is 1. The highest BCUT2D eigenvalue weighted by Crippen LogP contribution is 2.31. The Hall–Kier alpha value is -2.19. The minimum absolute atomic E-state index is 0.154. The number of nitrogens with one attached hydrogen (secondary N) is 1. The third kappa shape index (κ3) is 3.98. The van der Waals surface area contributed by atoms with Gasteiger partial charge in [-0.1, -0.05) is 35.3 Å². The van der Waals surface area contributed by atoms with Crippen LogP contribution in [0.2, 0.25) is 10.0 Å². The van der Waals surface area contributed by atoms with E-state index in [2.05, 4.69) is 20.4 Å². The monoisotopic (exact) mass is 419 g/mol. The maximum atomic E-state index is 13.2. The minimum atomic E-state index is -0.534. The van der Waals surface area contributed by atoms with E-state index < -0.39 is 6.04 Å². The number of pyridine rings is 1. The van der Waals surface area contributed by atoms with Gasteiger partial charge < -0.3 is 10.1 Å². The number of aromatic nitrogens is 3. The Kier molecular flexibility index (Phi) is 5.77. The lowest BCUT2D eigenvalue weighted by Crippen LogP contribution is -2.45. The lowest BCUT2D eigenvalue weighted by molar-refractivity contribution is -0.128. The number of halogens is 2. The fraction of sp³-hybridized carbons (Fsp3) is 0.316. The fourth-order valence-corrected chi connectivity index (χ4v) is 3.85. The summed E-state index contributed by atoms with van der Waals surface area (Å²) in [6.07, 6.45) is 1.87. The summed E-state index contributed by atoms with van der Waals surface area (Å²) in [6, 6.07) is 10.3. The van der Waals surface area contributed by atoms with Gasteiger partial charge in [-0.05, 0) is 29.8 Å². The summed E-state index contributed by atoms with van der Waals surface area (Å²) < 4.78 is 7.28. The molecule has 1 fully saturated rings. The number of carbonyl (C=O) groups excluding carboxylic acids is 1. The van der Waals surface area contributed by atoms with Crippen LogP contribution < -0.4 is 5.32 Å². The molecule has 0 bridgehead atoms. The maximum absolute atomic E-state index is 13.2. The molecular weight excluding hydrogens is 401 g/mol. The van der Waals surface area contributed by atoms with Gasteiger partial charge in [0.15, 0.2) is 11.5 Å². The van der Waals surface area contributed by atoms with E-state index >= 15 is 0 Å². The van der Waals surface area contributed by atoms with Gasteiger partial charge in [-0.15, -0.1) is 10.2 Å². The summed E-state index contributed by atoms with van der Waals surface area (Å²) >= 11 is 12.5. The molecule has 1 aliphatic heterocycles.